The van der Waals surface area contributed by atoms with Crippen LogP contribution in [0.2, 0.25) is 0 Å². The summed E-state index contributed by atoms with van der Waals surface area (Å²) in [7, 11) is 0. The highest BCUT2D eigenvalue weighted by Crippen LogP contribution is 2.55. The van der Waals surface area contributed by atoms with Crippen molar-refractivity contribution < 1.29 is 5.11 Å². The zero-order chi connectivity index (χ0) is 11.0. The molecule has 1 heteroatoms. The summed E-state index contributed by atoms with van der Waals surface area (Å²) in [6, 6.07) is 18.2. The molecule has 0 spiro atoms. The lowest BCUT2D eigenvalue weighted by Crippen LogP contribution is -2.08. The molecular weight excluding hydrogens is 196 g/mol. The maximum atomic E-state index is 9.95. The summed E-state index contributed by atoms with van der Waals surface area (Å²) in [6.07, 6.45) is 2.27. The molecule has 0 saturated heterocycles. The molecule has 0 radical (unpaired) electrons. The van der Waals surface area contributed by atoms with Gasteiger partial charge in [-0.1, -0.05) is 48.5 Å². The normalized spacial score (nSPS) is 17.0. The summed E-state index contributed by atoms with van der Waals surface area (Å²) in [5.41, 5.74) is 2.46. The van der Waals surface area contributed by atoms with Crippen molar-refractivity contribution in [3.8, 4) is 5.75 Å². The Morgan fingerprint density at radius 2 is 1.44 bits per heavy atom. The highest BCUT2D eigenvalue weighted by molar-refractivity contribution is 5.50. The van der Waals surface area contributed by atoms with Crippen LogP contribution in [0.3, 0.4) is 0 Å². The van der Waals surface area contributed by atoms with Gasteiger partial charge in [-0.3, -0.25) is 0 Å². The fraction of sp³-hybridized carbons (Fsp3) is 0.200. The van der Waals surface area contributed by atoms with E-state index in [0.717, 1.165) is 18.4 Å². The maximum absolute atomic E-state index is 9.95. The first-order chi connectivity index (χ1) is 7.83. The van der Waals surface area contributed by atoms with Crippen molar-refractivity contribution in [2.75, 3.05) is 0 Å². The van der Waals surface area contributed by atoms with Crippen LogP contribution in [0.25, 0.3) is 0 Å². The van der Waals surface area contributed by atoms with E-state index < -0.39 is 0 Å². The first-order valence-electron chi connectivity index (χ1n) is 5.67. The molecule has 1 nitrogen and oxygen atoms in total. The van der Waals surface area contributed by atoms with Crippen molar-refractivity contribution in [2.45, 2.75) is 18.3 Å². The molecule has 1 aliphatic carbocycles. The molecule has 0 aliphatic heterocycles. The summed E-state index contributed by atoms with van der Waals surface area (Å²) in [5.74, 6) is 0.420. The van der Waals surface area contributed by atoms with Crippen LogP contribution < -0.4 is 0 Å². The van der Waals surface area contributed by atoms with Gasteiger partial charge in [-0.15, -0.1) is 0 Å². The number of phenols is 1. The molecule has 1 saturated carbocycles. The summed E-state index contributed by atoms with van der Waals surface area (Å²) in [5, 5.41) is 9.95. The molecule has 1 N–H and O–H groups in total. The molecule has 2 aromatic rings. The van der Waals surface area contributed by atoms with Crippen LogP contribution in [-0.2, 0) is 5.41 Å². The fourth-order valence-electron chi connectivity index (χ4n) is 2.47. The predicted molar refractivity (Wildman–Crippen MR) is 64.6 cm³/mol. The number of hydrogen-bond donors (Lipinski definition) is 1. The predicted octanol–water partition coefficient (Wildman–Crippen LogP) is 3.47. The highest BCUT2D eigenvalue weighted by atomic mass is 16.3. The smallest absolute Gasteiger partial charge is 0.119 e. The molecule has 0 heterocycles. The first kappa shape index (κ1) is 9.46. The van der Waals surface area contributed by atoms with Gasteiger partial charge < -0.3 is 5.11 Å². The Morgan fingerprint density at radius 1 is 0.812 bits per heavy atom. The van der Waals surface area contributed by atoms with Crippen LogP contribution in [-0.4, -0.2) is 5.11 Å². The molecule has 3 rings (SSSR count). The average Bonchev–Trinajstić information content (AvgIpc) is 3.12. The van der Waals surface area contributed by atoms with Gasteiger partial charge in [0.1, 0.15) is 5.75 Å². The van der Waals surface area contributed by atoms with Gasteiger partial charge in [-0.2, -0.15) is 0 Å². The monoisotopic (exact) mass is 210 g/mol. The number of para-hydroxylation sites is 1. The third kappa shape index (κ3) is 1.32. The Labute approximate surface area is 95.4 Å². The lowest BCUT2D eigenvalue weighted by molar-refractivity contribution is 0.463. The number of hydrogen-bond acceptors (Lipinski definition) is 1. The lowest BCUT2D eigenvalue weighted by Gasteiger charge is -2.17. The third-order valence-corrected chi connectivity index (χ3v) is 3.50. The van der Waals surface area contributed by atoms with Crippen LogP contribution in [0, 0.1) is 0 Å². The van der Waals surface area contributed by atoms with E-state index in [4.69, 9.17) is 0 Å². The van der Waals surface area contributed by atoms with E-state index in [1.54, 1.807) is 6.07 Å². The maximum Gasteiger partial charge on any atom is 0.119 e. The van der Waals surface area contributed by atoms with E-state index in [0.29, 0.717) is 5.75 Å². The Bertz CT molecular complexity index is 498. The van der Waals surface area contributed by atoms with Crippen LogP contribution in [0.15, 0.2) is 54.6 Å². The number of aromatic hydroxyl groups is 1. The standard InChI is InChI=1S/C15H14O/c16-14-9-5-4-8-13(14)15(10-11-15)12-6-2-1-3-7-12/h1-9,16H,10-11H2. The topological polar surface area (TPSA) is 20.2 Å². The summed E-state index contributed by atoms with van der Waals surface area (Å²) in [4.78, 5) is 0. The van der Waals surface area contributed by atoms with E-state index in [1.807, 2.05) is 24.3 Å². The fourth-order valence-corrected chi connectivity index (χ4v) is 2.47. The zero-order valence-electron chi connectivity index (χ0n) is 9.06. The van der Waals surface area contributed by atoms with Gasteiger partial charge in [0.05, 0.1) is 0 Å². The molecule has 0 atom stereocenters. The van der Waals surface area contributed by atoms with Crippen LogP contribution >= 0.6 is 0 Å². The SMILES string of the molecule is Oc1ccccc1C1(c2ccccc2)CC1. The largest absolute Gasteiger partial charge is 0.508 e. The van der Waals surface area contributed by atoms with Gasteiger partial charge in [-0.25, -0.2) is 0 Å². The van der Waals surface area contributed by atoms with E-state index in [2.05, 4.69) is 24.3 Å². The molecule has 16 heavy (non-hydrogen) atoms. The minimum absolute atomic E-state index is 0.0760. The molecule has 2 aromatic carbocycles. The molecular formula is C15H14O. The number of rotatable bonds is 2. The van der Waals surface area contributed by atoms with Gasteiger partial charge in [-0.05, 0) is 24.5 Å². The van der Waals surface area contributed by atoms with E-state index >= 15 is 0 Å². The lowest BCUT2D eigenvalue weighted by atomic mass is 9.87. The second-order valence-electron chi connectivity index (χ2n) is 4.47. The molecule has 0 aromatic heterocycles. The van der Waals surface area contributed by atoms with Gasteiger partial charge >= 0.3 is 0 Å². The highest BCUT2D eigenvalue weighted by Gasteiger charge is 2.47. The molecule has 0 bridgehead atoms. The zero-order valence-corrected chi connectivity index (χ0v) is 9.06. The summed E-state index contributed by atoms with van der Waals surface area (Å²) in [6.45, 7) is 0. The quantitative estimate of drug-likeness (QED) is 0.804. The van der Waals surface area contributed by atoms with E-state index in [-0.39, 0.29) is 5.41 Å². The van der Waals surface area contributed by atoms with Crippen LogP contribution in [0.5, 0.6) is 5.75 Å². The van der Waals surface area contributed by atoms with Crippen molar-refractivity contribution in [2.24, 2.45) is 0 Å². The van der Waals surface area contributed by atoms with Gasteiger partial charge in [0.15, 0.2) is 0 Å². The van der Waals surface area contributed by atoms with Crippen molar-refractivity contribution in [3.05, 3.63) is 65.7 Å². The van der Waals surface area contributed by atoms with Crippen molar-refractivity contribution in [1.82, 2.24) is 0 Å². The Morgan fingerprint density at radius 3 is 2.06 bits per heavy atom. The minimum atomic E-state index is 0.0760. The van der Waals surface area contributed by atoms with E-state index in [9.17, 15) is 5.11 Å². The van der Waals surface area contributed by atoms with Gasteiger partial charge in [0, 0.05) is 11.0 Å². The minimum Gasteiger partial charge on any atom is -0.508 e. The van der Waals surface area contributed by atoms with Gasteiger partial charge in [0.25, 0.3) is 0 Å². The Hall–Kier alpha value is -1.76. The van der Waals surface area contributed by atoms with Gasteiger partial charge in [0.2, 0.25) is 0 Å². The Kier molecular flexibility index (Phi) is 2.00. The number of phenolic OH excluding ortho intramolecular Hbond substituents is 1. The Balaban J connectivity index is 2.11. The van der Waals surface area contributed by atoms with Crippen molar-refractivity contribution in [3.63, 3.8) is 0 Å². The van der Waals surface area contributed by atoms with Crippen molar-refractivity contribution >= 4 is 0 Å². The van der Waals surface area contributed by atoms with Crippen LogP contribution in [0.1, 0.15) is 24.0 Å². The average molecular weight is 210 g/mol. The van der Waals surface area contributed by atoms with Crippen LogP contribution in [0.4, 0.5) is 0 Å². The second-order valence-corrected chi connectivity index (χ2v) is 4.47. The second kappa shape index (κ2) is 3.38. The molecule has 80 valence electrons. The number of benzene rings is 2. The summed E-state index contributed by atoms with van der Waals surface area (Å²) >= 11 is 0. The molecule has 1 aliphatic rings. The molecule has 0 unspecified atom stereocenters. The molecule has 0 amide bonds. The summed E-state index contributed by atoms with van der Waals surface area (Å²) < 4.78 is 0. The first-order valence-corrected chi connectivity index (χ1v) is 5.67. The van der Waals surface area contributed by atoms with E-state index in [1.165, 1.54) is 5.56 Å². The van der Waals surface area contributed by atoms with Crippen molar-refractivity contribution in [1.29, 1.82) is 0 Å². The third-order valence-electron chi connectivity index (χ3n) is 3.50. The molecule has 1 fully saturated rings.